The van der Waals surface area contributed by atoms with Gasteiger partial charge in [-0.3, -0.25) is 21.3 Å². The van der Waals surface area contributed by atoms with E-state index < -0.39 is 12.0 Å². The van der Waals surface area contributed by atoms with Crippen molar-refractivity contribution in [2.75, 3.05) is 6.54 Å². The minimum Gasteiger partial charge on any atom is -0.312 e. The lowest BCUT2D eigenvalue weighted by Gasteiger charge is -2.33. The van der Waals surface area contributed by atoms with Gasteiger partial charge in [-0.2, -0.15) is 5.43 Å². The van der Waals surface area contributed by atoms with Crippen LogP contribution in [-0.2, 0) is 4.79 Å². The number of hydrogen-bond donors (Lipinski definition) is 5. The zero-order valence-electron chi connectivity index (χ0n) is 8.23. The van der Waals surface area contributed by atoms with Crippen LogP contribution < -0.4 is 28.4 Å². The number of nitrogens with zero attached hydrogens (tertiary/aromatic N) is 1. The van der Waals surface area contributed by atoms with Crippen LogP contribution in [0.1, 0.15) is 13.3 Å². The maximum Gasteiger partial charge on any atom is 0.239 e. The van der Waals surface area contributed by atoms with E-state index in [-0.39, 0.29) is 11.8 Å². The lowest BCUT2D eigenvalue weighted by Crippen LogP contribution is -2.77. The van der Waals surface area contributed by atoms with Crippen molar-refractivity contribution in [1.82, 2.24) is 10.4 Å². The molecule has 0 aliphatic carbocycles. The van der Waals surface area contributed by atoms with Gasteiger partial charge in [0.05, 0.1) is 0 Å². The molecule has 0 aromatic carbocycles. The highest BCUT2D eigenvalue weighted by atomic mass is 16.2. The van der Waals surface area contributed by atoms with Gasteiger partial charge in [-0.1, -0.05) is 6.92 Å². The smallest absolute Gasteiger partial charge is 0.239 e. The molecule has 0 spiro atoms. The van der Waals surface area contributed by atoms with Crippen LogP contribution in [-0.4, -0.2) is 29.4 Å². The number of nitrogens with one attached hydrogen (secondary N) is 1. The summed E-state index contributed by atoms with van der Waals surface area (Å²) >= 11 is 0. The molecule has 14 heavy (non-hydrogen) atoms. The first-order valence-electron chi connectivity index (χ1n) is 4.52. The van der Waals surface area contributed by atoms with Crippen LogP contribution >= 0.6 is 0 Å². The average molecular weight is 202 g/mol. The van der Waals surface area contributed by atoms with Crippen LogP contribution in [0.2, 0.25) is 0 Å². The normalized spacial score (nSPS) is 23.7. The monoisotopic (exact) mass is 202 g/mol. The van der Waals surface area contributed by atoms with Gasteiger partial charge in [0.1, 0.15) is 6.17 Å². The van der Waals surface area contributed by atoms with Gasteiger partial charge in [-0.05, 0) is 6.42 Å². The van der Waals surface area contributed by atoms with Crippen LogP contribution in [0.15, 0.2) is 0 Å². The molecule has 1 atom stereocenters. The van der Waals surface area contributed by atoms with E-state index in [1.807, 2.05) is 6.92 Å². The second kappa shape index (κ2) is 3.79. The molecule has 0 bridgehead atoms. The summed E-state index contributed by atoms with van der Waals surface area (Å²) in [7, 11) is 0. The van der Waals surface area contributed by atoms with Crippen molar-refractivity contribution in [2.45, 2.75) is 25.3 Å². The van der Waals surface area contributed by atoms with Crippen LogP contribution in [0.5, 0.6) is 0 Å². The molecular formula is C7H18N6O. The van der Waals surface area contributed by atoms with Crippen molar-refractivity contribution < 1.29 is 4.79 Å². The van der Waals surface area contributed by atoms with Crippen molar-refractivity contribution in [3.8, 4) is 0 Å². The minimum atomic E-state index is -1.46. The first kappa shape index (κ1) is 11.3. The van der Waals surface area contributed by atoms with E-state index in [0.29, 0.717) is 6.54 Å². The van der Waals surface area contributed by atoms with E-state index in [0.717, 1.165) is 6.42 Å². The maximum atomic E-state index is 11.5. The van der Waals surface area contributed by atoms with Gasteiger partial charge in [-0.15, -0.1) is 0 Å². The zero-order valence-corrected chi connectivity index (χ0v) is 8.23. The van der Waals surface area contributed by atoms with Crippen LogP contribution in [0, 0.1) is 5.92 Å². The van der Waals surface area contributed by atoms with E-state index in [2.05, 4.69) is 5.43 Å². The van der Waals surface area contributed by atoms with Gasteiger partial charge in [0.2, 0.25) is 5.91 Å². The highest BCUT2D eigenvalue weighted by Gasteiger charge is 2.34. The van der Waals surface area contributed by atoms with Gasteiger partial charge < -0.3 is 11.5 Å². The molecule has 0 aromatic heterocycles. The molecule has 1 unspecified atom stereocenters. The van der Waals surface area contributed by atoms with Crippen LogP contribution in [0.25, 0.3) is 0 Å². The quantitative estimate of drug-likeness (QED) is 0.313. The molecule has 0 saturated carbocycles. The first-order chi connectivity index (χ1) is 6.34. The summed E-state index contributed by atoms with van der Waals surface area (Å²) in [5.41, 5.74) is 24.5. The Morgan fingerprint density at radius 2 is 2.14 bits per heavy atom. The summed E-state index contributed by atoms with van der Waals surface area (Å²) in [6.07, 6.45) is -0.159. The van der Waals surface area contributed by atoms with E-state index in [1.54, 1.807) is 0 Å². The molecule has 7 nitrogen and oxygen atoms in total. The van der Waals surface area contributed by atoms with Gasteiger partial charge in [0.15, 0.2) is 5.79 Å². The van der Waals surface area contributed by atoms with Crippen LogP contribution in [0.4, 0.5) is 0 Å². The number of nitrogens with two attached hydrogens (primary N) is 4. The summed E-state index contributed by atoms with van der Waals surface area (Å²) in [5.74, 6) is -1.50. The molecule has 1 fully saturated rings. The third-order valence-electron chi connectivity index (χ3n) is 2.35. The van der Waals surface area contributed by atoms with E-state index in [9.17, 15) is 4.79 Å². The summed E-state index contributed by atoms with van der Waals surface area (Å²) in [5, 5.41) is 1.37. The molecule has 1 aliphatic rings. The molecule has 1 saturated heterocycles. The Hall–Kier alpha value is -0.730. The van der Waals surface area contributed by atoms with E-state index in [1.165, 1.54) is 5.01 Å². The molecular weight excluding hydrogens is 184 g/mol. The minimum absolute atomic E-state index is 0.00713. The Morgan fingerprint density at radius 3 is 2.50 bits per heavy atom. The third-order valence-corrected chi connectivity index (χ3v) is 2.35. The lowest BCUT2D eigenvalue weighted by molar-refractivity contribution is -0.135. The number of amides is 1. The summed E-state index contributed by atoms with van der Waals surface area (Å²) < 4.78 is 0. The Kier molecular flexibility index (Phi) is 3.07. The van der Waals surface area contributed by atoms with E-state index in [4.69, 9.17) is 22.9 Å². The Bertz CT molecular complexity index is 228. The fourth-order valence-electron chi connectivity index (χ4n) is 1.24. The molecule has 82 valence electrons. The van der Waals surface area contributed by atoms with Gasteiger partial charge in [0, 0.05) is 12.5 Å². The first-order valence-corrected chi connectivity index (χ1v) is 4.52. The molecule has 1 heterocycles. The van der Waals surface area contributed by atoms with Crippen molar-refractivity contribution in [2.24, 2.45) is 28.9 Å². The predicted molar refractivity (Wildman–Crippen MR) is 51.9 cm³/mol. The summed E-state index contributed by atoms with van der Waals surface area (Å²) in [6.45, 7) is 2.42. The lowest BCUT2D eigenvalue weighted by atomic mass is 10.1. The summed E-state index contributed by atoms with van der Waals surface area (Å²) in [4.78, 5) is 11.5. The van der Waals surface area contributed by atoms with Crippen molar-refractivity contribution in [1.29, 1.82) is 0 Å². The topological polar surface area (TPSA) is 136 Å². The highest BCUT2D eigenvalue weighted by molar-refractivity contribution is 5.79. The third kappa shape index (κ3) is 2.20. The predicted octanol–water partition coefficient (Wildman–Crippen LogP) is -2.83. The number of hydrogen-bond acceptors (Lipinski definition) is 6. The van der Waals surface area contributed by atoms with Gasteiger partial charge >= 0.3 is 0 Å². The molecule has 9 N–H and O–H groups in total. The molecule has 1 rings (SSSR count). The Labute approximate surface area is 82.7 Å². The largest absolute Gasteiger partial charge is 0.312 e. The molecule has 1 aliphatic heterocycles. The highest BCUT2D eigenvalue weighted by Crippen LogP contribution is 2.15. The molecule has 1 amide bonds. The van der Waals surface area contributed by atoms with Crippen LogP contribution in [0.3, 0.4) is 0 Å². The number of carbonyl (C=O) groups excluding carboxylic acids is 1. The molecule has 0 radical (unpaired) electrons. The standard InChI is InChI=1S/C7H18N6O/c1-4-2-3-13(5(4)14)12-7(10,11)6(8)9/h4,6,12H,2-3,8-11H2,1H3. The van der Waals surface area contributed by atoms with Crippen molar-refractivity contribution in [3.05, 3.63) is 0 Å². The number of hydrazine groups is 1. The molecule has 0 aromatic rings. The second-order valence-electron chi connectivity index (χ2n) is 3.75. The van der Waals surface area contributed by atoms with E-state index >= 15 is 0 Å². The fraction of sp³-hybridized carbons (Fsp3) is 0.857. The average Bonchev–Trinajstić information content (AvgIpc) is 2.35. The summed E-state index contributed by atoms with van der Waals surface area (Å²) in [6, 6.07) is 0. The Balaban J connectivity index is 2.57. The van der Waals surface area contributed by atoms with Gasteiger partial charge in [-0.25, -0.2) is 0 Å². The van der Waals surface area contributed by atoms with Crippen molar-refractivity contribution >= 4 is 5.91 Å². The fourth-order valence-corrected chi connectivity index (χ4v) is 1.24. The Morgan fingerprint density at radius 1 is 1.57 bits per heavy atom. The number of carbonyl (C=O) groups is 1. The second-order valence-corrected chi connectivity index (χ2v) is 3.75. The zero-order chi connectivity index (χ0) is 10.9. The van der Waals surface area contributed by atoms with Gasteiger partial charge in [0.25, 0.3) is 0 Å². The maximum absolute atomic E-state index is 11.5. The number of rotatable bonds is 3. The molecule has 7 heteroatoms. The van der Waals surface area contributed by atoms with Crippen molar-refractivity contribution in [3.63, 3.8) is 0 Å². The SMILES string of the molecule is CC1CCN(NC(N)(N)C(N)N)C1=O.